The minimum absolute atomic E-state index is 0.450. The van der Waals surface area contributed by atoms with Gasteiger partial charge < -0.3 is 10.3 Å². The van der Waals surface area contributed by atoms with Gasteiger partial charge in [0.15, 0.2) is 0 Å². The van der Waals surface area contributed by atoms with Crippen LogP contribution < -0.4 is 5.32 Å². The largest absolute Gasteiger partial charge is 0.346 e. The van der Waals surface area contributed by atoms with Gasteiger partial charge in [-0.2, -0.15) is 10.4 Å². The van der Waals surface area contributed by atoms with Crippen LogP contribution in [0.1, 0.15) is 30.0 Å². The van der Waals surface area contributed by atoms with Crippen LogP contribution >= 0.6 is 0 Å². The van der Waals surface area contributed by atoms with E-state index in [4.69, 9.17) is 0 Å². The van der Waals surface area contributed by atoms with E-state index in [-0.39, 0.29) is 0 Å². The summed E-state index contributed by atoms with van der Waals surface area (Å²) in [6.07, 6.45) is 11.9. The maximum atomic E-state index is 9.65. The summed E-state index contributed by atoms with van der Waals surface area (Å²) >= 11 is 0. The summed E-state index contributed by atoms with van der Waals surface area (Å²) in [6, 6.07) is 14.6. The molecule has 30 heavy (non-hydrogen) atoms. The number of hydrogen-bond donors (Lipinski definition) is 2. The third-order valence-corrected chi connectivity index (χ3v) is 5.69. The number of aromatic amines is 1. The number of pyridine rings is 1. The van der Waals surface area contributed by atoms with E-state index < -0.39 is 0 Å². The van der Waals surface area contributed by atoms with Crippen LogP contribution in [0.25, 0.3) is 33.8 Å². The normalized spacial score (nSPS) is 15.4. The Morgan fingerprint density at radius 2 is 1.97 bits per heavy atom. The monoisotopic (exact) mass is 394 g/mol. The fourth-order valence-electron chi connectivity index (χ4n) is 4.01. The average Bonchev–Trinajstić information content (AvgIpc) is 3.46. The first-order valence-corrected chi connectivity index (χ1v) is 10.2. The van der Waals surface area contributed by atoms with E-state index >= 15 is 0 Å². The van der Waals surface area contributed by atoms with Crippen molar-refractivity contribution in [2.75, 3.05) is 13.1 Å². The lowest BCUT2D eigenvalue weighted by Gasteiger charge is -2.22. The minimum Gasteiger partial charge on any atom is -0.346 e. The molecule has 1 fully saturated rings. The van der Waals surface area contributed by atoms with Gasteiger partial charge in [0, 0.05) is 40.7 Å². The van der Waals surface area contributed by atoms with Crippen molar-refractivity contribution in [1.29, 1.82) is 5.26 Å². The highest BCUT2D eigenvalue weighted by molar-refractivity contribution is 5.97. The number of benzene rings is 1. The zero-order chi connectivity index (χ0) is 20.3. The molecule has 0 bridgehead atoms. The lowest BCUT2D eigenvalue weighted by Crippen LogP contribution is -2.29. The second-order valence-corrected chi connectivity index (χ2v) is 7.59. The molecule has 0 saturated carbocycles. The second-order valence-electron chi connectivity index (χ2n) is 7.59. The number of nitrogens with one attached hydrogen (secondary N) is 2. The molecule has 0 spiro atoms. The molecule has 148 valence electrons. The highest BCUT2D eigenvalue weighted by Gasteiger charge is 2.16. The number of allylic oxidation sites excluding steroid dienone is 1. The van der Waals surface area contributed by atoms with Gasteiger partial charge in [-0.05, 0) is 43.6 Å². The average molecular weight is 394 g/mol. The fraction of sp³-hybridized carbons (Fsp3) is 0.208. The highest BCUT2D eigenvalue weighted by atomic mass is 15.3. The molecule has 0 amide bonds. The number of aromatic nitrogens is 4. The van der Waals surface area contributed by atoms with E-state index in [0.29, 0.717) is 11.6 Å². The fourth-order valence-corrected chi connectivity index (χ4v) is 4.01. The van der Waals surface area contributed by atoms with Crippen LogP contribution in [0.5, 0.6) is 0 Å². The molecule has 3 aromatic heterocycles. The van der Waals surface area contributed by atoms with Gasteiger partial charge in [0.25, 0.3) is 0 Å². The summed E-state index contributed by atoms with van der Waals surface area (Å²) < 4.78 is 2.08. The van der Waals surface area contributed by atoms with Gasteiger partial charge in [-0.1, -0.05) is 30.3 Å². The molecule has 0 unspecified atom stereocenters. The number of hydrogen-bond acceptors (Lipinski definition) is 4. The van der Waals surface area contributed by atoms with Gasteiger partial charge in [0.2, 0.25) is 0 Å². The van der Waals surface area contributed by atoms with E-state index in [1.165, 1.54) is 0 Å². The van der Waals surface area contributed by atoms with Crippen LogP contribution in [0.4, 0.5) is 0 Å². The third-order valence-electron chi connectivity index (χ3n) is 5.69. The third kappa shape index (κ3) is 3.51. The van der Waals surface area contributed by atoms with E-state index in [1.807, 2.05) is 55.0 Å². The van der Waals surface area contributed by atoms with Gasteiger partial charge in [0.05, 0.1) is 23.9 Å². The van der Waals surface area contributed by atoms with Gasteiger partial charge in [-0.3, -0.25) is 4.68 Å². The van der Waals surface area contributed by atoms with E-state index in [1.54, 1.807) is 0 Å². The predicted molar refractivity (Wildman–Crippen MR) is 118 cm³/mol. The Labute approximate surface area is 174 Å². The summed E-state index contributed by atoms with van der Waals surface area (Å²) in [5.74, 6) is 0. The Balaban J connectivity index is 1.50. The van der Waals surface area contributed by atoms with Crippen molar-refractivity contribution in [3.63, 3.8) is 0 Å². The van der Waals surface area contributed by atoms with Crippen LogP contribution in [0.15, 0.2) is 61.2 Å². The van der Waals surface area contributed by atoms with Crippen LogP contribution in [-0.4, -0.2) is 32.8 Å². The quantitative estimate of drug-likeness (QED) is 0.502. The molecule has 1 aliphatic heterocycles. The number of piperidine rings is 1. The van der Waals surface area contributed by atoms with Gasteiger partial charge in [-0.25, -0.2) is 4.98 Å². The Bertz CT molecular complexity index is 1240. The second kappa shape index (κ2) is 7.97. The lowest BCUT2D eigenvalue weighted by molar-refractivity contribution is 0.343. The molecule has 0 atom stereocenters. The maximum Gasteiger partial charge on any atom is 0.137 e. The van der Waals surface area contributed by atoms with Crippen molar-refractivity contribution < 1.29 is 0 Å². The van der Waals surface area contributed by atoms with Gasteiger partial charge in [-0.15, -0.1) is 0 Å². The van der Waals surface area contributed by atoms with Crippen molar-refractivity contribution in [3.8, 4) is 17.2 Å². The number of nitriles is 1. The molecule has 1 saturated heterocycles. The van der Waals surface area contributed by atoms with E-state index in [2.05, 4.69) is 43.4 Å². The first-order chi connectivity index (χ1) is 14.8. The Hall–Kier alpha value is -3.69. The molecule has 0 radical (unpaired) electrons. The van der Waals surface area contributed by atoms with Crippen LogP contribution in [0.3, 0.4) is 0 Å². The zero-order valence-corrected chi connectivity index (χ0v) is 16.5. The summed E-state index contributed by atoms with van der Waals surface area (Å²) in [7, 11) is 0. The SMILES string of the molecule is N#C/C(=C/c1c[nH]c2ncc(-c3cnn(C4CCNCC4)c3)cc12)c1ccccc1. The Morgan fingerprint density at radius 1 is 1.13 bits per heavy atom. The standard InChI is InChI=1S/C24H22N6/c25-12-18(17-4-2-1-3-5-17)10-20-14-28-24-23(20)11-19(13-27-24)21-15-29-30(16-21)22-6-8-26-9-7-22/h1-5,10-11,13-16,22,26H,6-9H2,(H,27,28)/b18-10-. The van der Waals surface area contributed by atoms with Crippen molar-refractivity contribution in [2.45, 2.75) is 18.9 Å². The topological polar surface area (TPSA) is 82.3 Å². The van der Waals surface area contributed by atoms with Crippen LogP contribution in [-0.2, 0) is 0 Å². The molecule has 1 aromatic carbocycles. The molecular formula is C24H22N6. The van der Waals surface area contributed by atoms with Gasteiger partial charge in [0.1, 0.15) is 5.65 Å². The van der Waals surface area contributed by atoms with Crippen LogP contribution in [0.2, 0.25) is 0 Å². The van der Waals surface area contributed by atoms with E-state index in [9.17, 15) is 5.26 Å². The molecule has 6 heteroatoms. The van der Waals surface area contributed by atoms with E-state index in [0.717, 1.165) is 59.2 Å². The molecule has 6 nitrogen and oxygen atoms in total. The van der Waals surface area contributed by atoms with Crippen molar-refractivity contribution in [2.24, 2.45) is 0 Å². The lowest BCUT2D eigenvalue weighted by atomic mass is 10.0. The van der Waals surface area contributed by atoms with Gasteiger partial charge >= 0.3 is 0 Å². The first-order valence-electron chi connectivity index (χ1n) is 10.2. The zero-order valence-electron chi connectivity index (χ0n) is 16.5. The first kappa shape index (κ1) is 18.3. The summed E-state index contributed by atoms with van der Waals surface area (Å²) in [5, 5.41) is 18.6. The summed E-state index contributed by atoms with van der Waals surface area (Å²) in [4.78, 5) is 7.80. The van der Waals surface area contributed by atoms with Crippen molar-refractivity contribution in [1.82, 2.24) is 25.1 Å². The molecule has 4 aromatic rings. The highest BCUT2D eigenvalue weighted by Crippen LogP contribution is 2.28. The molecule has 4 heterocycles. The number of H-pyrrole nitrogens is 1. The Kier molecular flexibility index (Phi) is 4.88. The molecule has 0 aliphatic carbocycles. The number of rotatable bonds is 4. The summed E-state index contributed by atoms with van der Waals surface area (Å²) in [5.41, 5.74) is 5.37. The molecule has 1 aliphatic rings. The molecule has 5 rings (SSSR count). The Morgan fingerprint density at radius 3 is 2.77 bits per heavy atom. The maximum absolute atomic E-state index is 9.65. The minimum atomic E-state index is 0.450. The van der Waals surface area contributed by atoms with Crippen molar-refractivity contribution in [3.05, 3.63) is 72.3 Å². The molecular weight excluding hydrogens is 372 g/mol. The van der Waals surface area contributed by atoms with Crippen molar-refractivity contribution >= 4 is 22.7 Å². The van der Waals surface area contributed by atoms with Crippen LogP contribution in [0, 0.1) is 11.3 Å². The number of nitrogens with zero attached hydrogens (tertiary/aromatic N) is 4. The predicted octanol–water partition coefficient (Wildman–Crippen LogP) is 4.42. The smallest absolute Gasteiger partial charge is 0.137 e. The number of fused-ring (bicyclic) bond motifs is 1. The molecule has 2 N–H and O–H groups in total. The summed E-state index contributed by atoms with van der Waals surface area (Å²) in [6.45, 7) is 2.07.